The number of unbranched alkanes of at least 4 members (excludes halogenated alkanes) is 8. The van der Waals surface area contributed by atoms with Crippen LogP contribution in [0.3, 0.4) is 0 Å². The molecular weight excluding hydrogens is 510 g/mol. The Kier molecular flexibility index (Phi) is 13.0. The van der Waals surface area contributed by atoms with Gasteiger partial charge in [-0.3, -0.25) is 0 Å². The summed E-state index contributed by atoms with van der Waals surface area (Å²) in [6.45, 7) is 2.10. The summed E-state index contributed by atoms with van der Waals surface area (Å²) in [4.78, 5) is 30.2. The van der Waals surface area contributed by atoms with Crippen molar-refractivity contribution in [3.8, 4) is 5.75 Å². The predicted molar refractivity (Wildman–Crippen MR) is 154 cm³/mol. The normalized spacial score (nSPS) is 16.2. The molecule has 1 N–H and O–H groups in total. The molecule has 0 radical (unpaired) electrons. The molecule has 1 atom stereocenters. The topological polar surface area (TPSA) is 104 Å². The van der Waals surface area contributed by atoms with Gasteiger partial charge in [0.2, 0.25) is 0 Å². The number of aliphatic hydroxyl groups excluding tert-OH is 1. The minimum Gasteiger partial charge on any atom is -0.497 e. The quantitative estimate of drug-likeness (QED) is 0.171. The molecule has 2 aromatic rings. The van der Waals surface area contributed by atoms with Crippen LogP contribution in [0.15, 0.2) is 53.5 Å². The van der Waals surface area contributed by atoms with Crippen molar-refractivity contribution in [1.29, 1.82) is 0 Å². The van der Waals surface area contributed by atoms with E-state index in [1.807, 2.05) is 0 Å². The van der Waals surface area contributed by atoms with Crippen LogP contribution in [-0.4, -0.2) is 55.4 Å². The molecule has 8 heteroatoms. The molecule has 0 fully saturated rings. The number of methoxy groups -OCH3 is 1. The zero-order chi connectivity index (χ0) is 28.6. The van der Waals surface area contributed by atoms with Crippen molar-refractivity contribution in [3.05, 3.63) is 65.2 Å². The Balaban J connectivity index is 1.57. The van der Waals surface area contributed by atoms with Gasteiger partial charge in [0.15, 0.2) is 11.4 Å². The van der Waals surface area contributed by atoms with Crippen molar-refractivity contribution in [2.75, 3.05) is 26.9 Å². The maximum Gasteiger partial charge on any atom is 0.338 e. The van der Waals surface area contributed by atoms with Gasteiger partial charge in [0.25, 0.3) is 0 Å². The third kappa shape index (κ3) is 9.97. The minimum atomic E-state index is -1.02. The van der Waals surface area contributed by atoms with Crippen molar-refractivity contribution in [3.63, 3.8) is 0 Å². The monoisotopic (exact) mass is 553 g/mol. The van der Waals surface area contributed by atoms with Gasteiger partial charge in [-0.25, -0.2) is 14.6 Å². The summed E-state index contributed by atoms with van der Waals surface area (Å²) in [5.74, 6) is 0.220. The maximum absolute atomic E-state index is 12.7. The van der Waals surface area contributed by atoms with E-state index in [1.54, 1.807) is 55.6 Å². The van der Waals surface area contributed by atoms with Gasteiger partial charge in [0.05, 0.1) is 24.8 Å². The number of hydrogen-bond acceptors (Lipinski definition) is 8. The van der Waals surface area contributed by atoms with Crippen LogP contribution in [0, 0.1) is 0 Å². The molecule has 8 nitrogen and oxygen atoms in total. The molecule has 0 saturated carbocycles. The van der Waals surface area contributed by atoms with E-state index in [0.29, 0.717) is 34.8 Å². The zero-order valence-corrected chi connectivity index (χ0v) is 23.9. The average Bonchev–Trinajstić information content (AvgIpc) is 3.41. The van der Waals surface area contributed by atoms with Gasteiger partial charge in [0, 0.05) is 6.42 Å². The lowest BCUT2D eigenvalue weighted by Gasteiger charge is -2.23. The Morgan fingerprint density at radius 2 is 1.35 bits per heavy atom. The van der Waals surface area contributed by atoms with Gasteiger partial charge < -0.3 is 24.1 Å². The highest BCUT2D eigenvalue weighted by atomic mass is 16.6. The second kappa shape index (κ2) is 16.7. The van der Waals surface area contributed by atoms with Crippen LogP contribution in [0.1, 0.15) is 97.4 Å². The summed E-state index contributed by atoms with van der Waals surface area (Å²) >= 11 is 0. The molecule has 0 amide bonds. The number of aliphatic imine (C=N–C) groups is 1. The SMILES string of the molecule is CCCCCCCCCCCC1=NC(COC(=O)c2ccc(CO)cc2)(COC(=O)c2ccc(OC)cc2)CO1. The maximum atomic E-state index is 12.7. The average molecular weight is 554 g/mol. The van der Waals surface area contributed by atoms with E-state index in [2.05, 4.69) is 6.92 Å². The fourth-order valence-electron chi connectivity index (χ4n) is 4.49. The molecule has 0 bridgehead atoms. The molecule has 1 unspecified atom stereocenters. The Bertz CT molecular complexity index is 1020. The minimum absolute atomic E-state index is 0.0874. The first kappa shape index (κ1) is 31.1. The van der Waals surface area contributed by atoms with E-state index in [1.165, 1.54) is 44.9 Å². The van der Waals surface area contributed by atoms with E-state index >= 15 is 0 Å². The van der Waals surface area contributed by atoms with Crippen molar-refractivity contribution in [1.82, 2.24) is 0 Å². The van der Waals surface area contributed by atoms with E-state index in [-0.39, 0.29) is 26.4 Å². The van der Waals surface area contributed by atoms with Crippen LogP contribution in [0.25, 0.3) is 0 Å². The Hall–Kier alpha value is -3.39. The van der Waals surface area contributed by atoms with Gasteiger partial charge in [-0.05, 0) is 48.4 Å². The second-order valence-corrected chi connectivity index (χ2v) is 10.3. The van der Waals surface area contributed by atoms with Gasteiger partial charge in [-0.1, -0.05) is 70.4 Å². The zero-order valence-electron chi connectivity index (χ0n) is 23.9. The number of carbonyl (C=O) groups excluding carboxylic acids is 2. The highest BCUT2D eigenvalue weighted by molar-refractivity contribution is 5.90. The smallest absolute Gasteiger partial charge is 0.338 e. The van der Waals surface area contributed by atoms with Gasteiger partial charge in [-0.15, -0.1) is 0 Å². The van der Waals surface area contributed by atoms with Crippen LogP contribution in [0.5, 0.6) is 5.75 Å². The van der Waals surface area contributed by atoms with Crippen molar-refractivity contribution in [2.45, 2.75) is 83.3 Å². The number of aliphatic hydroxyl groups is 1. The molecule has 1 aliphatic heterocycles. The Labute approximate surface area is 237 Å². The Morgan fingerprint density at radius 1 is 0.825 bits per heavy atom. The molecule has 0 spiro atoms. The van der Waals surface area contributed by atoms with Crippen molar-refractivity contribution < 1.29 is 33.6 Å². The lowest BCUT2D eigenvalue weighted by atomic mass is 10.0. The second-order valence-electron chi connectivity index (χ2n) is 10.3. The van der Waals surface area contributed by atoms with Crippen molar-refractivity contribution >= 4 is 17.8 Å². The number of hydrogen-bond donors (Lipinski definition) is 1. The number of esters is 2. The highest BCUT2D eigenvalue weighted by Gasteiger charge is 2.40. The molecule has 0 aromatic heterocycles. The van der Waals surface area contributed by atoms with Gasteiger partial charge in [-0.2, -0.15) is 0 Å². The molecule has 1 heterocycles. The summed E-state index contributed by atoms with van der Waals surface area (Å²) in [6, 6.07) is 13.2. The summed E-state index contributed by atoms with van der Waals surface area (Å²) in [5.41, 5.74) is 0.431. The number of benzene rings is 2. The number of nitrogens with zero attached hydrogens (tertiary/aromatic N) is 1. The van der Waals surface area contributed by atoms with E-state index in [0.717, 1.165) is 12.8 Å². The van der Waals surface area contributed by atoms with Crippen molar-refractivity contribution in [2.24, 2.45) is 4.99 Å². The summed E-state index contributed by atoms with van der Waals surface area (Å²) in [6.07, 6.45) is 11.7. The molecule has 2 aromatic carbocycles. The van der Waals surface area contributed by atoms with Gasteiger partial charge >= 0.3 is 11.9 Å². The summed E-state index contributed by atoms with van der Waals surface area (Å²) in [7, 11) is 1.56. The summed E-state index contributed by atoms with van der Waals surface area (Å²) in [5, 5.41) is 9.24. The van der Waals surface area contributed by atoms with Crippen LogP contribution in [-0.2, 0) is 20.8 Å². The highest BCUT2D eigenvalue weighted by Crippen LogP contribution is 2.24. The third-order valence-corrected chi connectivity index (χ3v) is 7.01. The predicted octanol–water partition coefficient (Wildman–Crippen LogP) is 6.29. The van der Waals surface area contributed by atoms with E-state index in [9.17, 15) is 14.7 Å². The lowest BCUT2D eigenvalue weighted by Crippen LogP contribution is -2.41. The van der Waals surface area contributed by atoms with Crippen LogP contribution < -0.4 is 4.74 Å². The molecule has 3 rings (SSSR count). The fraction of sp³-hybridized carbons (Fsp3) is 0.531. The van der Waals surface area contributed by atoms with Crippen LogP contribution in [0.4, 0.5) is 0 Å². The van der Waals surface area contributed by atoms with E-state index < -0.39 is 17.5 Å². The molecule has 0 saturated heterocycles. The molecule has 1 aliphatic rings. The third-order valence-electron chi connectivity index (χ3n) is 7.01. The number of carbonyl (C=O) groups is 2. The van der Waals surface area contributed by atoms with E-state index in [4.69, 9.17) is 23.9 Å². The molecule has 0 aliphatic carbocycles. The largest absolute Gasteiger partial charge is 0.497 e. The first-order valence-electron chi connectivity index (χ1n) is 14.4. The standard InChI is InChI=1S/C32H43NO7/c1-3-4-5-6-7-8-9-10-11-12-29-33-32(22-38-29,23-39-30(35)26-15-13-25(21-34)14-16-26)24-40-31(36)27-17-19-28(37-2)20-18-27/h13-20,34H,3-12,21-24H2,1-2H3. The molecule has 40 heavy (non-hydrogen) atoms. The first-order valence-corrected chi connectivity index (χ1v) is 14.4. The van der Waals surface area contributed by atoms with Crippen LogP contribution >= 0.6 is 0 Å². The summed E-state index contributed by atoms with van der Waals surface area (Å²) < 4.78 is 22.3. The number of ether oxygens (including phenoxy) is 4. The Morgan fingerprint density at radius 3 is 1.88 bits per heavy atom. The van der Waals surface area contributed by atoms with Gasteiger partial charge in [0.1, 0.15) is 25.6 Å². The lowest BCUT2D eigenvalue weighted by molar-refractivity contribution is 0.0148. The molecule has 218 valence electrons. The number of rotatable bonds is 18. The first-order chi connectivity index (χ1) is 19.5. The van der Waals surface area contributed by atoms with Crippen LogP contribution in [0.2, 0.25) is 0 Å². The molecular formula is C32H43NO7. The fourth-order valence-corrected chi connectivity index (χ4v) is 4.49.